The van der Waals surface area contributed by atoms with E-state index in [1.165, 1.54) is 6.20 Å². The normalized spacial score (nSPS) is 26.8. The lowest BCUT2D eigenvalue weighted by Gasteiger charge is -2.24. The summed E-state index contributed by atoms with van der Waals surface area (Å²) in [5, 5.41) is 19.7. The quantitative estimate of drug-likeness (QED) is 0.818. The van der Waals surface area contributed by atoms with Gasteiger partial charge in [0.05, 0.1) is 27.7 Å². The summed E-state index contributed by atoms with van der Waals surface area (Å²) >= 11 is 6.65. The first kappa shape index (κ1) is 17.9. The molecule has 8 heteroatoms. The third kappa shape index (κ3) is 2.56. The van der Waals surface area contributed by atoms with E-state index in [4.69, 9.17) is 11.6 Å². The van der Waals surface area contributed by atoms with Gasteiger partial charge in [-0.05, 0) is 37.7 Å². The van der Waals surface area contributed by atoms with E-state index in [1.54, 1.807) is 4.57 Å². The van der Waals surface area contributed by atoms with Crippen molar-refractivity contribution >= 4 is 34.2 Å². The number of carboxylic acid groups (broad SMARTS) is 1. The van der Waals surface area contributed by atoms with Gasteiger partial charge in [-0.15, -0.1) is 0 Å². The Labute approximate surface area is 165 Å². The molecule has 2 aliphatic carbocycles. The van der Waals surface area contributed by atoms with Gasteiger partial charge < -0.3 is 19.7 Å². The molecule has 1 saturated heterocycles. The van der Waals surface area contributed by atoms with Gasteiger partial charge in [-0.3, -0.25) is 4.79 Å². The van der Waals surface area contributed by atoms with E-state index in [-0.39, 0.29) is 39.7 Å². The van der Waals surface area contributed by atoms with Gasteiger partial charge in [0.2, 0.25) is 5.43 Å². The highest BCUT2D eigenvalue weighted by atomic mass is 35.5. The first-order valence-electron chi connectivity index (χ1n) is 9.60. The highest BCUT2D eigenvalue weighted by molar-refractivity contribution is 6.38. The van der Waals surface area contributed by atoms with E-state index < -0.39 is 17.2 Å². The Morgan fingerprint density at radius 1 is 1.21 bits per heavy atom. The van der Waals surface area contributed by atoms with Gasteiger partial charge in [-0.1, -0.05) is 11.6 Å². The number of fused-ring (bicyclic) bond motifs is 2. The predicted octanol–water partition coefficient (Wildman–Crippen LogP) is 3.03. The minimum atomic E-state index is -1.33. The van der Waals surface area contributed by atoms with E-state index in [2.05, 4.69) is 0 Å². The topological polar surface area (TPSA) is 82.8 Å². The van der Waals surface area contributed by atoms with Gasteiger partial charge in [0.15, 0.2) is 0 Å². The van der Waals surface area contributed by atoms with Crippen molar-refractivity contribution in [1.82, 2.24) is 4.57 Å². The zero-order valence-electron chi connectivity index (χ0n) is 15.1. The van der Waals surface area contributed by atoms with Crippen molar-refractivity contribution in [3.05, 3.63) is 38.9 Å². The van der Waals surface area contributed by atoms with Crippen molar-refractivity contribution < 1.29 is 19.4 Å². The molecule has 2 saturated carbocycles. The minimum absolute atomic E-state index is 0.00234. The van der Waals surface area contributed by atoms with Crippen LogP contribution in [-0.2, 0) is 0 Å². The zero-order chi connectivity index (χ0) is 19.7. The summed E-state index contributed by atoms with van der Waals surface area (Å²) in [6, 6.07) is 1.19. The fourth-order valence-electron chi connectivity index (χ4n) is 4.93. The van der Waals surface area contributed by atoms with Crippen LogP contribution < -0.4 is 10.3 Å². The number of aromatic carboxylic acids is 1. The van der Waals surface area contributed by atoms with Gasteiger partial charge >= 0.3 is 5.97 Å². The number of aromatic nitrogens is 1. The minimum Gasteiger partial charge on any atom is -0.477 e. The molecule has 3 fully saturated rings. The Balaban J connectivity index is 1.70. The second-order valence-corrected chi connectivity index (χ2v) is 8.58. The predicted molar refractivity (Wildman–Crippen MR) is 103 cm³/mol. The molecule has 0 unspecified atom stereocenters. The summed E-state index contributed by atoms with van der Waals surface area (Å²) in [6.07, 6.45) is 4.36. The number of anilines is 1. The fraction of sp³-hybridized carbons (Fsp3) is 0.500. The largest absolute Gasteiger partial charge is 0.477 e. The SMILES string of the molecule is O=C(O)c1cn(C2CC2)c2c(Cl)c(N3C[C@@H]4CC[C@H](O)[C@@H]4C3)c(F)cc2c1=O. The van der Waals surface area contributed by atoms with Crippen molar-refractivity contribution in [3.63, 3.8) is 0 Å². The van der Waals surface area contributed by atoms with Crippen LogP contribution in [-0.4, -0.2) is 39.9 Å². The van der Waals surface area contributed by atoms with Crippen molar-refractivity contribution in [3.8, 4) is 0 Å². The summed E-state index contributed by atoms with van der Waals surface area (Å²) in [4.78, 5) is 26.0. The van der Waals surface area contributed by atoms with Gasteiger partial charge in [0, 0.05) is 31.2 Å². The third-order valence-corrected chi connectivity index (χ3v) is 6.85. The number of aliphatic hydroxyl groups is 1. The molecule has 2 N–H and O–H groups in total. The smallest absolute Gasteiger partial charge is 0.341 e. The van der Waals surface area contributed by atoms with E-state index in [0.29, 0.717) is 24.5 Å². The highest BCUT2D eigenvalue weighted by Gasteiger charge is 2.43. The molecule has 28 heavy (non-hydrogen) atoms. The summed E-state index contributed by atoms with van der Waals surface area (Å²) in [5.41, 5.74) is -0.456. The average Bonchev–Trinajstić information content (AvgIpc) is 3.31. The molecule has 148 valence electrons. The summed E-state index contributed by atoms with van der Waals surface area (Å²) in [7, 11) is 0. The third-order valence-electron chi connectivity index (χ3n) is 6.49. The maximum atomic E-state index is 15.1. The van der Waals surface area contributed by atoms with Crippen LogP contribution in [0.2, 0.25) is 5.02 Å². The maximum absolute atomic E-state index is 15.1. The number of carbonyl (C=O) groups is 1. The number of halogens is 2. The van der Waals surface area contributed by atoms with Crippen LogP contribution in [0.25, 0.3) is 10.9 Å². The monoisotopic (exact) mass is 406 g/mol. The van der Waals surface area contributed by atoms with Crippen molar-refractivity contribution in [1.29, 1.82) is 0 Å². The Bertz CT molecular complexity index is 1060. The first-order chi connectivity index (χ1) is 13.4. The number of pyridine rings is 1. The zero-order valence-corrected chi connectivity index (χ0v) is 15.8. The van der Waals surface area contributed by atoms with E-state index in [1.807, 2.05) is 4.90 Å². The lowest BCUT2D eigenvalue weighted by Crippen LogP contribution is -2.26. The van der Waals surface area contributed by atoms with E-state index in [0.717, 1.165) is 31.7 Å². The molecule has 6 nitrogen and oxygen atoms in total. The molecule has 0 radical (unpaired) electrons. The van der Waals surface area contributed by atoms with Crippen LogP contribution >= 0.6 is 11.6 Å². The van der Waals surface area contributed by atoms with Gasteiger partial charge in [-0.2, -0.15) is 0 Å². The molecular weight excluding hydrogens is 387 g/mol. The average molecular weight is 407 g/mol. The molecule has 0 bridgehead atoms. The molecule has 2 heterocycles. The second kappa shape index (κ2) is 6.19. The number of aliphatic hydroxyl groups excluding tert-OH is 1. The van der Waals surface area contributed by atoms with Crippen LogP contribution in [0.1, 0.15) is 42.1 Å². The Kier molecular flexibility index (Phi) is 3.97. The number of hydrogen-bond acceptors (Lipinski definition) is 4. The molecule has 2 aromatic rings. The second-order valence-electron chi connectivity index (χ2n) is 8.21. The maximum Gasteiger partial charge on any atom is 0.341 e. The standard InChI is InChI=1S/C20H20ClFN2O4/c21-16-17-11(19(26)13(20(27)28)8-24(17)10-2-3-10)5-14(22)18(16)23-6-9-1-4-15(25)12(9)7-23/h5,8-10,12,15,25H,1-4,6-7H2,(H,27,28)/t9-,12+,15-/m0/s1. The van der Waals surface area contributed by atoms with E-state index >= 15 is 4.39 Å². The van der Waals surface area contributed by atoms with Gasteiger partial charge in [0.1, 0.15) is 11.4 Å². The summed E-state index contributed by atoms with van der Waals surface area (Å²) in [6.45, 7) is 1.14. The van der Waals surface area contributed by atoms with Crippen LogP contribution in [0.4, 0.5) is 10.1 Å². The summed E-state index contributed by atoms with van der Waals surface area (Å²) in [5.74, 6) is -1.55. The molecule has 3 atom stereocenters. The molecular formula is C20H20ClFN2O4. The molecule has 0 spiro atoms. The number of nitrogens with zero attached hydrogens (tertiary/aromatic N) is 2. The van der Waals surface area contributed by atoms with Crippen LogP contribution in [0, 0.1) is 17.7 Å². The van der Waals surface area contributed by atoms with Gasteiger partial charge in [0.25, 0.3) is 0 Å². The number of benzene rings is 1. The molecule has 5 rings (SSSR count). The first-order valence-corrected chi connectivity index (χ1v) is 9.97. The highest BCUT2D eigenvalue weighted by Crippen LogP contribution is 2.45. The van der Waals surface area contributed by atoms with E-state index in [9.17, 15) is 19.8 Å². The van der Waals surface area contributed by atoms with Crippen molar-refractivity contribution in [2.45, 2.75) is 37.8 Å². The van der Waals surface area contributed by atoms with Crippen LogP contribution in [0.5, 0.6) is 0 Å². The number of rotatable bonds is 3. The van der Waals surface area contributed by atoms with Crippen LogP contribution in [0.15, 0.2) is 17.1 Å². The van der Waals surface area contributed by atoms with Crippen molar-refractivity contribution in [2.75, 3.05) is 18.0 Å². The fourth-order valence-corrected chi connectivity index (χ4v) is 5.34. The molecule has 3 aliphatic rings. The number of hydrogen-bond donors (Lipinski definition) is 2. The van der Waals surface area contributed by atoms with Gasteiger partial charge in [-0.25, -0.2) is 9.18 Å². The molecule has 1 aliphatic heterocycles. The Hall–Kier alpha value is -2.12. The molecule has 1 aromatic carbocycles. The number of carboxylic acids is 1. The van der Waals surface area contributed by atoms with Crippen LogP contribution in [0.3, 0.4) is 0 Å². The van der Waals surface area contributed by atoms with Crippen molar-refractivity contribution in [2.24, 2.45) is 11.8 Å². The Morgan fingerprint density at radius 2 is 1.96 bits per heavy atom. The lowest BCUT2D eigenvalue weighted by atomic mass is 10.00. The molecule has 0 amide bonds. The lowest BCUT2D eigenvalue weighted by molar-refractivity contribution is 0.0694. The summed E-state index contributed by atoms with van der Waals surface area (Å²) < 4.78 is 16.8. The Morgan fingerprint density at radius 3 is 2.61 bits per heavy atom. The molecule has 1 aromatic heterocycles.